The normalized spacial score (nSPS) is 19.4. The first-order valence-corrected chi connectivity index (χ1v) is 7.99. The standard InChI is InChI=1S/C17H25BN2O4/c1-11-7-8-15(22)14(20-11)9-13(10-19-12(2)21)18-23-16(3,4)17(5,6)24-18/h7-9,22H,10H2,1-6H3,(H,19,21). The van der Waals surface area contributed by atoms with Crippen molar-refractivity contribution in [1.29, 1.82) is 0 Å². The highest BCUT2D eigenvalue weighted by Crippen LogP contribution is 2.38. The molecule has 1 aliphatic rings. The van der Waals surface area contributed by atoms with Crippen LogP contribution in [-0.2, 0) is 14.1 Å². The fourth-order valence-electron chi connectivity index (χ4n) is 2.27. The first kappa shape index (κ1) is 18.5. The summed E-state index contributed by atoms with van der Waals surface area (Å²) in [5, 5.41) is 12.8. The van der Waals surface area contributed by atoms with E-state index in [9.17, 15) is 9.90 Å². The van der Waals surface area contributed by atoms with E-state index >= 15 is 0 Å². The Balaban J connectivity index is 2.37. The van der Waals surface area contributed by atoms with Crippen molar-refractivity contribution in [3.05, 3.63) is 29.0 Å². The van der Waals surface area contributed by atoms with Crippen molar-refractivity contribution in [1.82, 2.24) is 10.3 Å². The second-order valence-electron chi connectivity index (χ2n) is 7.07. The molecule has 0 atom stereocenters. The molecule has 1 saturated heterocycles. The highest BCUT2D eigenvalue weighted by Gasteiger charge is 2.52. The van der Waals surface area contributed by atoms with Crippen molar-refractivity contribution in [2.45, 2.75) is 52.7 Å². The SMILES string of the molecule is CC(=O)NCC(=Cc1nc(C)ccc1O)B1OC(C)(C)C(C)(C)O1. The summed E-state index contributed by atoms with van der Waals surface area (Å²) in [4.78, 5) is 15.6. The highest BCUT2D eigenvalue weighted by atomic mass is 16.7. The Bertz CT molecular complexity index is 655. The van der Waals surface area contributed by atoms with Gasteiger partial charge in [0, 0.05) is 19.2 Å². The van der Waals surface area contributed by atoms with Gasteiger partial charge in [-0.15, -0.1) is 0 Å². The molecule has 1 fully saturated rings. The lowest BCUT2D eigenvalue weighted by molar-refractivity contribution is -0.118. The molecule has 2 heterocycles. The van der Waals surface area contributed by atoms with E-state index < -0.39 is 18.3 Å². The third-order valence-corrected chi connectivity index (χ3v) is 4.46. The van der Waals surface area contributed by atoms with Gasteiger partial charge in [-0.25, -0.2) is 4.98 Å². The van der Waals surface area contributed by atoms with Gasteiger partial charge in [0.1, 0.15) is 11.4 Å². The molecular weight excluding hydrogens is 307 g/mol. The number of amides is 1. The predicted octanol–water partition coefficient (Wildman–Crippen LogP) is 2.25. The Morgan fingerprint density at radius 1 is 1.29 bits per heavy atom. The van der Waals surface area contributed by atoms with Crippen molar-refractivity contribution >= 4 is 19.1 Å². The van der Waals surface area contributed by atoms with E-state index in [4.69, 9.17) is 9.31 Å². The van der Waals surface area contributed by atoms with Crippen LogP contribution in [0, 0.1) is 6.92 Å². The van der Waals surface area contributed by atoms with E-state index in [-0.39, 0.29) is 18.2 Å². The number of carbonyl (C=O) groups is 1. The molecule has 0 spiro atoms. The number of carbonyl (C=O) groups excluding carboxylic acids is 1. The van der Waals surface area contributed by atoms with Crippen molar-refractivity contribution < 1.29 is 19.2 Å². The zero-order valence-electron chi connectivity index (χ0n) is 15.1. The fraction of sp³-hybridized carbons (Fsp3) is 0.529. The van der Waals surface area contributed by atoms with Gasteiger partial charge in [-0.05, 0) is 58.3 Å². The number of aryl methyl sites for hydroxylation is 1. The molecule has 24 heavy (non-hydrogen) atoms. The maximum atomic E-state index is 11.3. The van der Waals surface area contributed by atoms with Crippen LogP contribution in [0.3, 0.4) is 0 Å². The maximum absolute atomic E-state index is 11.3. The molecule has 2 rings (SSSR count). The number of hydrogen-bond donors (Lipinski definition) is 2. The lowest BCUT2D eigenvalue weighted by atomic mass is 9.77. The summed E-state index contributed by atoms with van der Waals surface area (Å²) < 4.78 is 12.1. The van der Waals surface area contributed by atoms with Gasteiger partial charge in [0.25, 0.3) is 0 Å². The summed E-state index contributed by atoms with van der Waals surface area (Å²) in [6.45, 7) is 11.4. The van der Waals surface area contributed by atoms with Crippen molar-refractivity contribution in [3.63, 3.8) is 0 Å². The molecule has 7 heteroatoms. The third kappa shape index (κ3) is 3.97. The van der Waals surface area contributed by atoms with Crippen LogP contribution in [0.5, 0.6) is 5.75 Å². The summed E-state index contributed by atoms with van der Waals surface area (Å²) in [6.07, 6.45) is 1.71. The molecule has 0 bridgehead atoms. The monoisotopic (exact) mass is 332 g/mol. The van der Waals surface area contributed by atoms with Gasteiger partial charge in [-0.1, -0.05) is 0 Å². The van der Waals surface area contributed by atoms with Crippen molar-refractivity contribution in [3.8, 4) is 5.75 Å². The molecule has 1 aromatic heterocycles. The summed E-state index contributed by atoms with van der Waals surface area (Å²) in [7, 11) is -0.622. The minimum atomic E-state index is -0.622. The number of nitrogens with one attached hydrogen (secondary N) is 1. The predicted molar refractivity (Wildman–Crippen MR) is 93.4 cm³/mol. The Labute approximate surface area is 143 Å². The molecule has 130 valence electrons. The molecule has 1 amide bonds. The number of nitrogens with zero attached hydrogens (tertiary/aromatic N) is 1. The summed E-state index contributed by atoms with van der Waals surface area (Å²) in [6, 6.07) is 3.32. The van der Waals surface area contributed by atoms with Crippen LogP contribution in [0.4, 0.5) is 0 Å². The van der Waals surface area contributed by atoms with Crippen LogP contribution in [0.15, 0.2) is 17.6 Å². The van der Waals surface area contributed by atoms with E-state index in [1.165, 1.54) is 6.92 Å². The zero-order chi connectivity index (χ0) is 18.1. The van der Waals surface area contributed by atoms with Crippen LogP contribution in [0.1, 0.15) is 46.0 Å². The Morgan fingerprint density at radius 2 is 1.88 bits per heavy atom. The first-order chi connectivity index (χ1) is 11.0. The minimum Gasteiger partial charge on any atom is -0.506 e. The number of hydrogen-bond acceptors (Lipinski definition) is 5. The first-order valence-electron chi connectivity index (χ1n) is 7.99. The van der Waals surface area contributed by atoms with Gasteiger partial charge in [-0.3, -0.25) is 4.79 Å². The number of pyridine rings is 1. The molecule has 6 nitrogen and oxygen atoms in total. The molecule has 0 radical (unpaired) electrons. The lowest BCUT2D eigenvalue weighted by Gasteiger charge is -2.32. The Kier molecular flexibility index (Phi) is 5.06. The smallest absolute Gasteiger partial charge is 0.492 e. The summed E-state index contributed by atoms with van der Waals surface area (Å²) in [5.41, 5.74) is 0.915. The van der Waals surface area contributed by atoms with Crippen molar-refractivity contribution in [2.24, 2.45) is 0 Å². The van der Waals surface area contributed by atoms with Crippen LogP contribution in [-0.4, -0.2) is 40.9 Å². The van der Waals surface area contributed by atoms with Gasteiger partial charge in [0.2, 0.25) is 5.91 Å². The van der Waals surface area contributed by atoms with Crippen molar-refractivity contribution in [2.75, 3.05) is 6.54 Å². The number of rotatable bonds is 4. The number of aromatic hydroxyl groups is 1. The zero-order valence-corrected chi connectivity index (χ0v) is 15.1. The van der Waals surface area contributed by atoms with Crippen LogP contribution >= 0.6 is 0 Å². The van der Waals surface area contributed by atoms with E-state index in [0.29, 0.717) is 11.2 Å². The van der Waals surface area contributed by atoms with E-state index in [1.54, 1.807) is 18.2 Å². The quantitative estimate of drug-likeness (QED) is 0.827. The molecule has 0 saturated carbocycles. The average Bonchev–Trinajstić information content (AvgIpc) is 2.66. The fourth-order valence-corrected chi connectivity index (χ4v) is 2.27. The lowest BCUT2D eigenvalue weighted by Crippen LogP contribution is -2.41. The third-order valence-electron chi connectivity index (χ3n) is 4.46. The molecule has 0 unspecified atom stereocenters. The molecule has 1 aromatic rings. The van der Waals surface area contributed by atoms with Crippen LogP contribution in [0.25, 0.3) is 6.08 Å². The van der Waals surface area contributed by atoms with Gasteiger partial charge in [0.15, 0.2) is 0 Å². The molecule has 1 aliphatic heterocycles. The largest absolute Gasteiger partial charge is 0.506 e. The average molecular weight is 332 g/mol. The van der Waals surface area contributed by atoms with E-state index in [0.717, 1.165) is 5.69 Å². The molecule has 0 aliphatic carbocycles. The highest BCUT2D eigenvalue weighted by molar-refractivity contribution is 6.56. The van der Waals surface area contributed by atoms with E-state index in [1.807, 2.05) is 34.6 Å². The number of aromatic nitrogens is 1. The van der Waals surface area contributed by atoms with Gasteiger partial charge in [-0.2, -0.15) is 0 Å². The van der Waals surface area contributed by atoms with Gasteiger partial charge in [0.05, 0.1) is 11.2 Å². The molecule has 0 aromatic carbocycles. The summed E-state index contributed by atoms with van der Waals surface area (Å²) in [5.74, 6) is -0.0868. The van der Waals surface area contributed by atoms with Crippen LogP contribution in [0.2, 0.25) is 0 Å². The van der Waals surface area contributed by atoms with E-state index in [2.05, 4.69) is 10.3 Å². The minimum absolute atomic E-state index is 0.0671. The maximum Gasteiger partial charge on any atom is 0.492 e. The molecule has 2 N–H and O–H groups in total. The summed E-state index contributed by atoms with van der Waals surface area (Å²) >= 11 is 0. The Morgan fingerprint density at radius 3 is 2.42 bits per heavy atom. The van der Waals surface area contributed by atoms with Crippen LogP contribution < -0.4 is 5.32 Å². The molecular formula is C17H25BN2O4. The Hall–Kier alpha value is -1.86. The second-order valence-corrected chi connectivity index (χ2v) is 7.07. The second kappa shape index (κ2) is 6.57. The van der Waals surface area contributed by atoms with Gasteiger partial charge < -0.3 is 19.7 Å². The van der Waals surface area contributed by atoms with Gasteiger partial charge >= 0.3 is 7.12 Å². The topological polar surface area (TPSA) is 80.7 Å².